The highest BCUT2D eigenvalue weighted by molar-refractivity contribution is 4.47. The maximum atomic E-state index is 2.38. The molecule has 1 saturated heterocycles. The Kier molecular flexibility index (Phi) is 0.389. The van der Waals surface area contributed by atoms with E-state index in [4.69, 9.17) is 0 Å². The number of rotatable bonds is 0. The van der Waals surface area contributed by atoms with Crippen LogP contribution in [-0.4, -0.2) is 11.3 Å². The van der Waals surface area contributed by atoms with Crippen molar-refractivity contribution in [3.8, 4) is 0 Å². The Morgan fingerprint density at radius 3 is 2.25 bits per heavy atom. The Bertz CT molecular complexity index is 22.5. The van der Waals surface area contributed by atoms with E-state index in [-0.39, 0.29) is 0 Å². The largest absolute Gasteiger partial charge is 0.233 e. The highest BCUT2D eigenvalue weighted by atomic mass is 35.5. The van der Waals surface area contributed by atoms with Gasteiger partial charge in [0, 0.05) is 0 Å². The Balaban J connectivity index is 2.17. The molecule has 0 aliphatic carbocycles. The predicted molar refractivity (Wildman–Crippen MR) is 14.3 cm³/mol. The topological polar surface area (TPSA) is 0 Å². The van der Waals surface area contributed by atoms with Gasteiger partial charge in [0.1, 0.15) is 10.8 Å². The number of halogens is 1. The molecule has 0 radical (unpaired) electrons. The zero-order valence-electron chi connectivity index (χ0n) is 2.66. The van der Waals surface area contributed by atoms with Gasteiger partial charge in [-0.3, -0.25) is 0 Å². The fourth-order valence-electron chi connectivity index (χ4n) is 0.0891. The highest BCUT2D eigenvalue weighted by Gasteiger charge is 2.36. The molecule has 0 spiro atoms. The molecule has 1 rings (SSSR count). The molecular weight excluding hydrogens is 71.5 g/mol. The van der Waals surface area contributed by atoms with E-state index in [1.54, 1.807) is 0 Å². The summed E-state index contributed by atoms with van der Waals surface area (Å²) in [4.78, 5) is 0. The van der Waals surface area contributed by atoms with E-state index in [9.17, 15) is 0 Å². The molecular formula is C3H6Cl+. The van der Waals surface area contributed by atoms with Gasteiger partial charge in [-0.05, 0) is 6.92 Å². The fourth-order valence-corrected chi connectivity index (χ4v) is 0.267. The summed E-state index contributed by atoms with van der Waals surface area (Å²) in [6, 6.07) is 0. The Labute approximate surface area is 29.9 Å². The average molecular weight is 77.5 g/mol. The Hall–Kier alpha value is 0.290. The summed E-state index contributed by atoms with van der Waals surface area (Å²) < 4.78 is 0. The highest BCUT2D eigenvalue weighted by Crippen LogP contribution is 2.05. The summed E-state index contributed by atoms with van der Waals surface area (Å²) in [6.45, 7) is 2.22. The molecule has 1 aliphatic rings. The number of hydrogen-bond donors (Lipinski definition) is 0. The number of alkyl halides is 2. The minimum Gasteiger partial charge on any atom is -0.00132 e. The van der Waals surface area contributed by atoms with E-state index in [0.29, 0.717) is 0 Å². The van der Waals surface area contributed by atoms with Gasteiger partial charge in [-0.2, -0.15) is 0 Å². The zero-order chi connectivity index (χ0) is 2.99. The van der Waals surface area contributed by atoms with Gasteiger partial charge in [-0.1, -0.05) is 0 Å². The molecule has 0 aromatic rings. The van der Waals surface area contributed by atoms with Crippen molar-refractivity contribution in [2.45, 2.75) is 12.3 Å². The first-order valence-electron chi connectivity index (χ1n) is 1.47. The minimum absolute atomic E-state index is 0.944. The van der Waals surface area contributed by atoms with Crippen LogP contribution in [0.3, 0.4) is 0 Å². The maximum Gasteiger partial charge on any atom is 0.233 e. The van der Waals surface area contributed by atoms with Gasteiger partial charge in [0.05, 0.1) is 0 Å². The molecule has 1 heteroatoms. The molecule has 1 unspecified atom stereocenters. The van der Waals surface area contributed by atoms with E-state index >= 15 is 0 Å². The van der Waals surface area contributed by atoms with Crippen LogP contribution in [0.15, 0.2) is 0 Å². The molecule has 1 aliphatic heterocycles. The summed E-state index contributed by atoms with van der Waals surface area (Å²) in [5, 5.41) is 0.944. The summed E-state index contributed by atoms with van der Waals surface area (Å²) in [5.74, 6) is 1.35. The molecule has 4 heavy (non-hydrogen) atoms. The van der Waals surface area contributed by atoms with Gasteiger partial charge in [-0.15, -0.1) is 0 Å². The van der Waals surface area contributed by atoms with E-state index in [1.165, 1.54) is 5.88 Å². The van der Waals surface area contributed by atoms with Crippen LogP contribution in [0.5, 0.6) is 0 Å². The van der Waals surface area contributed by atoms with Crippen LogP contribution in [0.2, 0.25) is 0 Å². The van der Waals surface area contributed by atoms with Gasteiger partial charge in [0.15, 0.2) is 0 Å². The van der Waals surface area contributed by atoms with E-state index < -0.39 is 0 Å². The summed E-state index contributed by atoms with van der Waals surface area (Å²) in [5.41, 5.74) is 0. The molecule has 0 nitrogen and oxygen atoms in total. The Morgan fingerprint density at radius 1 is 2.00 bits per heavy atom. The van der Waals surface area contributed by atoms with Crippen LogP contribution in [-0.2, 0) is 0 Å². The lowest BCUT2D eigenvalue weighted by Gasteiger charge is -1.32. The van der Waals surface area contributed by atoms with E-state index in [2.05, 4.69) is 17.7 Å². The van der Waals surface area contributed by atoms with Gasteiger partial charge < -0.3 is 0 Å². The van der Waals surface area contributed by atoms with Crippen molar-refractivity contribution in [3.05, 3.63) is 0 Å². The van der Waals surface area contributed by atoms with Crippen LogP contribution in [0.25, 0.3) is 0 Å². The SMILES string of the molecule is CC1C[Cl+]1. The molecule has 0 aromatic heterocycles. The van der Waals surface area contributed by atoms with Crippen LogP contribution >= 0.6 is 0 Å². The molecule has 1 fully saturated rings. The maximum absolute atomic E-state index is 2.38. The first-order valence-corrected chi connectivity index (χ1v) is 2.44. The summed E-state index contributed by atoms with van der Waals surface area (Å²) >= 11 is 0. The second kappa shape index (κ2) is 0.617. The first-order chi connectivity index (χ1) is 1.89. The lowest BCUT2D eigenvalue weighted by molar-refractivity contribution is -0.493. The minimum atomic E-state index is 0.944. The van der Waals surface area contributed by atoms with Gasteiger partial charge >= 0.3 is 0 Å². The molecule has 1 heterocycles. The molecule has 1 atom stereocenters. The summed E-state index contributed by atoms with van der Waals surface area (Å²) in [6.07, 6.45) is 0. The van der Waals surface area contributed by atoms with Crippen molar-refractivity contribution in [1.82, 2.24) is 0 Å². The van der Waals surface area contributed by atoms with Crippen LogP contribution < -0.4 is 0 Å². The third-order valence-electron chi connectivity index (χ3n) is 0.463. The monoisotopic (exact) mass is 77.0 g/mol. The average Bonchev–Trinajstić information content (AvgIpc) is 1.75. The quantitative estimate of drug-likeness (QED) is 0.369. The second-order valence-corrected chi connectivity index (χ2v) is 2.45. The van der Waals surface area contributed by atoms with Gasteiger partial charge in [-0.25, -0.2) is 0 Å². The lowest BCUT2D eigenvalue weighted by Crippen LogP contribution is -1.59. The van der Waals surface area contributed by atoms with Crippen molar-refractivity contribution in [2.24, 2.45) is 0 Å². The van der Waals surface area contributed by atoms with Crippen molar-refractivity contribution in [2.75, 3.05) is 5.88 Å². The van der Waals surface area contributed by atoms with Crippen LogP contribution in [0.4, 0.5) is 0 Å². The molecule has 0 amide bonds. The second-order valence-electron chi connectivity index (χ2n) is 1.09. The van der Waals surface area contributed by atoms with Crippen molar-refractivity contribution >= 4 is 0 Å². The van der Waals surface area contributed by atoms with Crippen LogP contribution in [0.1, 0.15) is 6.92 Å². The first kappa shape index (κ1) is 2.52. The molecule has 24 valence electrons. The lowest BCUT2D eigenvalue weighted by atomic mass is 10.6. The fraction of sp³-hybridized carbons (Fsp3) is 1.00. The van der Waals surface area contributed by atoms with Crippen molar-refractivity contribution < 1.29 is 10.8 Å². The van der Waals surface area contributed by atoms with Crippen molar-refractivity contribution in [1.29, 1.82) is 0 Å². The molecule has 0 bridgehead atoms. The normalized spacial score (nSPS) is 39.8. The van der Waals surface area contributed by atoms with E-state index in [1.807, 2.05) is 0 Å². The Morgan fingerprint density at radius 2 is 2.25 bits per heavy atom. The standard InChI is InChI=1S/C3H6Cl/c1-3-2-4-3/h3H,2H2,1H3/q+1. The van der Waals surface area contributed by atoms with Gasteiger partial charge in [0.25, 0.3) is 0 Å². The smallest absolute Gasteiger partial charge is 0.00132 e. The molecule has 0 N–H and O–H groups in total. The number of hydrogen-bond acceptors (Lipinski definition) is 0. The van der Waals surface area contributed by atoms with Gasteiger partial charge in [0.2, 0.25) is 11.3 Å². The summed E-state index contributed by atoms with van der Waals surface area (Å²) in [7, 11) is 2.38. The predicted octanol–water partition coefficient (Wildman–Crippen LogP) is 0.474. The molecule has 0 aromatic carbocycles. The third-order valence-corrected chi connectivity index (χ3v) is 1.39. The zero-order valence-corrected chi connectivity index (χ0v) is 3.42. The molecule has 0 saturated carbocycles. The third kappa shape index (κ3) is 0.352. The van der Waals surface area contributed by atoms with Crippen molar-refractivity contribution in [3.63, 3.8) is 0 Å². The van der Waals surface area contributed by atoms with Crippen LogP contribution in [0, 0.1) is 10.8 Å². The van der Waals surface area contributed by atoms with E-state index in [0.717, 1.165) is 5.38 Å².